The molecule has 3 N–H and O–H groups in total. The molecule has 3 nitrogen and oxygen atoms in total. The van der Waals surface area contributed by atoms with E-state index < -0.39 is 0 Å². The molecule has 1 fully saturated rings. The molecule has 1 aromatic heterocycles. The Bertz CT molecular complexity index is 427. The zero-order valence-corrected chi connectivity index (χ0v) is 12.7. The predicted octanol–water partition coefficient (Wildman–Crippen LogP) is 2.97. The van der Waals surface area contributed by atoms with Gasteiger partial charge in [-0.1, -0.05) is 30.9 Å². The van der Waals surface area contributed by atoms with Crippen molar-refractivity contribution in [3.05, 3.63) is 21.3 Å². The number of rotatable bonds is 5. The van der Waals surface area contributed by atoms with Gasteiger partial charge in [-0.3, -0.25) is 4.79 Å². The summed E-state index contributed by atoms with van der Waals surface area (Å²) >= 11 is 7.45. The second-order valence-corrected chi connectivity index (χ2v) is 7.06. The van der Waals surface area contributed by atoms with Crippen molar-refractivity contribution in [2.24, 2.45) is 11.1 Å². The number of thiophene rings is 1. The van der Waals surface area contributed by atoms with Crippen LogP contribution in [0.3, 0.4) is 0 Å². The topological polar surface area (TPSA) is 55.1 Å². The Kier molecular flexibility index (Phi) is 5.25. The van der Waals surface area contributed by atoms with Gasteiger partial charge in [-0.15, -0.1) is 11.3 Å². The minimum atomic E-state index is -0.314. The van der Waals surface area contributed by atoms with Crippen molar-refractivity contribution in [1.29, 1.82) is 0 Å². The molecule has 1 aromatic rings. The molecule has 0 radical (unpaired) electrons. The molecular weight excluding hydrogens is 280 g/mol. The first-order chi connectivity index (χ1) is 9.16. The zero-order chi connectivity index (χ0) is 13.7. The van der Waals surface area contributed by atoms with Gasteiger partial charge in [0.15, 0.2) is 0 Å². The van der Waals surface area contributed by atoms with E-state index >= 15 is 0 Å². The van der Waals surface area contributed by atoms with Gasteiger partial charge in [0.2, 0.25) is 5.91 Å². The summed E-state index contributed by atoms with van der Waals surface area (Å²) in [5.74, 6) is 0.136. The molecule has 0 unspecified atom stereocenters. The van der Waals surface area contributed by atoms with Crippen molar-refractivity contribution in [1.82, 2.24) is 5.32 Å². The number of carbonyl (C=O) groups excluding carboxylic acids is 1. The highest BCUT2D eigenvalue weighted by Gasteiger charge is 2.37. The summed E-state index contributed by atoms with van der Waals surface area (Å²) in [7, 11) is 0. The second-order valence-electron chi connectivity index (χ2n) is 5.26. The van der Waals surface area contributed by atoms with Crippen molar-refractivity contribution in [3.8, 4) is 0 Å². The lowest BCUT2D eigenvalue weighted by molar-refractivity contribution is -0.132. The quantitative estimate of drug-likeness (QED) is 0.878. The number of carbonyl (C=O) groups is 1. The van der Waals surface area contributed by atoms with Gasteiger partial charge in [0.25, 0.3) is 0 Å². The third-order valence-electron chi connectivity index (χ3n) is 3.97. The van der Waals surface area contributed by atoms with Crippen molar-refractivity contribution >= 4 is 28.8 Å². The van der Waals surface area contributed by atoms with Gasteiger partial charge in [0.05, 0.1) is 9.75 Å². The summed E-state index contributed by atoms with van der Waals surface area (Å²) in [6.45, 7) is 1.13. The highest BCUT2D eigenvalue weighted by Crippen LogP contribution is 2.35. The Hall–Kier alpha value is -0.580. The number of nitrogens with two attached hydrogens (primary N) is 1. The van der Waals surface area contributed by atoms with E-state index in [0.717, 1.165) is 36.4 Å². The van der Waals surface area contributed by atoms with Gasteiger partial charge in [0.1, 0.15) is 0 Å². The van der Waals surface area contributed by atoms with Gasteiger partial charge in [-0.2, -0.15) is 0 Å². The first-order valence-electron chi connectivity index (χ1n) is 6.89. The SMILES string of the molecule is NCC1(C(=O)NCCc2ccc(Cl)s2)CCCCC1. The van der Waals surface area contributed by atoms with Crippen molar-refractivity contribution in [2.45, 2.75) is 38.5 Å². The van der Waals surface area contributed by atoms with E-state index in [4.69, 9.17) is 17.3 Å². The molecule has 106 valence electrons. The molecule has 1 saturated carbocycles. The summed E-state index contributed by atoms with van der Waals surface area (Å²) in [4.78, 5) is 13.5. The minimum absolute atomic E-state index is 0.136. The fourth-order valence-corrected chi connectivity index (χ4v) is 3.81. The molecule has 1 aliphatic carbocycles. The maximum atomic E-state index is 12.3. The number of amides is 1. The largest absolute Gasteiger partial charge is 0.355 e. The molecule has 1 amide bonds. The molecule has 0 aliphatic heterocycles. The average Bonchev–Trinajstić information content (AvgIpc) is 2.85. The second kappa shape index (κ2) is 6.73. The van der Waals surface area contributed by atoms with Crippen LogP contribution in [0, 0.1) is 5.41 Å². The van der Waals surface area contributed by atoms with Crippen LogP contribution in [0.2, 0.25) is 4.34 Å². The molecule has 1 aliphatic rings. The third-order valence-corrected chi connectivity index (χ3v) is 5.26. The van der Waals surface area contributed by atoms with Crippen LogP contribution in [0.25, 0.3) is 0 Å². The van der Waals surface area contributed by atoms with Crippen LogP contribution >= 0.6 is 22.9 Å². The standard InChI is InChI=1S/C14H21ClN2OS/c15-12-5-4-11(19-12)6-9-17-13(18)14(10-16)7-2-1-3-8-14/h4-5H,1-3,6-10,16H2,(H,17,18). The normalized spacial score (nSPS) is 18.2. The number of hydrogen-bond donors (Lipinski definition) is 2. The summed E-state index contributed by atoms with van der Waals surface area (Å²) in [5, 5.41) is 3.05. The molecule has 19 heavy (non-hydrogen) atoms. The molecule has 0 aromatic carbocycles. The molecule has 0 spiro atoms. The van der Waals surface area contributed by atoms with Crippen LogP contribution in [0.5, 0.6) is 0 Å². The van der Waals surface area contributed by atoms with Gasteiger partial charge < -0.3 is 11.1 Å². The van der Waals surface area contributed by atoms with Crippen LogP contribution in [-0.2, 0) is 11.2 Å². The Morgan fingerprint density at radius 3 is 2.68 bits per heavy atom. The number of nitrogens with one attached hydrogen (secondary N) is 1. The Balaban J connectivity index is 1.82. The van der Waals surface area contributed by atoms with Gasteiger partial charge in [-0.05, 0) is 31.4 Å². The van der Waals surface area contributed by atoms with Gasteiger partial charge in [-0.25, -0.2) is 0 Å². The monoisotopic (exact) mass is 300 g/mol. The van der Waals surface area contributed by atoms with Crippen molar-refractivity contribution in [2.75, 3.05) is 13.1 Å². The zero-order valence-electron chi connectivity index (χ0n) is 11.1. The molecule has 0 saturated heterocycles. The van der Waals surface area contributed by atoms with Crippen LogP contribution in [0.15, 0.2) is 12.1 Å². The lowest BCUT2D eigenvalue weighted by Crippen LogP contribution is -2.47. The summed E-state index contributed by atoms with van der Waals surface area (Å²) in [6, 6.07) is 3.91. The molecule has 0 bridgehead atoms. The number of hydrogen-bond acceptors (Lipinski definition) is 3. The smallest absolute Gasteiger partial charge is 0.227 e. The van der Waals surface area contributed by atoms with Crippen LogP contribution in [-0.4, -0.2) is 19.0 Å². The summed E-state index contributed by atoms with van der Waals surface area (Å²) < 4.78 is 0.798. The van der Waals surface area contributed by atoms with Gasteiger partial charge >= 0.3 is 0 Å². The first kappa shape index (κ1) is 14.8. The summed E-state index contributed by atoms with van der Waals surface area (Å²) in [5.41, 5.74) is 5.53. The fourth-order valence-electron chi connectivity index (χ4n) is 2.73. The van der Waals surface area contributed by atoms with Gasteiger partial charge in [0, 0.05) is 18.0 Å². The highest BCUT2D eigenvalue weighted by molar-refractivity contribution is 7.16. The van der Waals surface area contributed by atoms with Crippen LogP contribution in [0.4, 0.5) is 0 Å². The maximum absolute atomic E-state index is 12.3. The van der Waals surface area contributed by atoms with Crippen molar-refractivity contribution in [3.63, 3.8) is 0 Å². The van der Waals surface area contributed by atoms with E-state index in [-0.39, 0.29) is 11.3 Å². The van der Waals surface area contributed by atoms with E-state index in [0.29, 0.717) is 13.1 Å². The molecular formula is C14H21ClN2OS. The molecule has 2 rings (SSSR count). The average molecular weight is 301 g/mol. The Labute approximate surface area is 123 Å². The third kappa shape index (κ3) is 3.71. The van der Waals surface area contributed by atoms with E-state index in [9.17, 15) is 4.79 Å². The van der Waals surface area contributed by atoms with E-state index in [1.807, 2.05) is 12.1 Å². The van der Waals surface area contributed by atoms with Crippen LogP contribution < -0.4 is 11.1 Å². The first-order valence-corrected chi connectivity index (χ1v) is 8.08. The lowest BCUT2D eigenvalue weighted by Gasteiger charge is -2.34. The maximum Gasteiger partial charge on any atom is 0.227 e. The number of halogens is 1. The molecule has 0 atom stereocenters. The van der Waals surface area contributed by atoms with E-state index in [1.165, 1.54) is 11.3 Å². The summed E-state index contributed by atoms with van der Waals surface area (Å²) in [6.07, 6.45) is 6.16. The van der Waals surface area contributed by atoms with E-state index in [2.05, 4.69) is 5.32 Å². The predicted molar refractivity (Wildman–Crippen MR) is 80.6 cm³/mol. The fraction of sp³-hybridized carbons (Fsp3) is 0.643. The van der Waals surface area contributed by atoms with Crippen molar-refractivity contribution < 1.29 is 4.79 Å². The Morgan fingerprint density at radius 2 is 2.11 bits per heavy atom. The molecule has 1 heterocycles. The Morgan fingerprint density at radius 1 is 1.37 bits per heavy atom. The van der Waals surface area contributed by atoms with Crippen LogP contribution in [0.1, 0.15) is 37.0 Å². The molecule has 5 heteroatoms. The highest BCUT2D eigenvalue weighted by atomic mass is 35.5. The van der Waals surface area contributed by atoms with E-state index in [1.54, 1.807) is 11.3 Å². The lowest BCUT2D eigenvalue weighted by atomic mass is 9.73. The minimum Gasteiger partial charge on any atom is -0.355 e.